The van der Waals surface area contributed by atoms with Crippen molar-refractivity contribution in [3.8, 4) is 5.88 Å². The summed E-state index contributed by atoms with van der Waals surface area (Å²) in [5.41, 5.74) is 5.05. The number of carbonyl (C=O) groups excluding carboxylic acids is 1. The van der Waals surface area contributed by atoms with Gasteiger partial charge in [0.15, 0.2) is 5.13 Å². The van der Waals surface area contributed by atoms with Crippen LogP contribution in [0, 0.1) is 20.8 Å². The zero-order valence-electron chi connectivity index (χ0n) is 15.0. The number of nitrogens with zero attached hydrogens (tertiary/aromatic N) is 1. The van der Waals surface area contributed by atoms with E-state index in [-0.39, 0.29) is 18.2 Å². The first kappa shape index (κ1) is 17.9. The molecule has 6 heteroatoms. The van der Waals surface area contributed by atoms with Crippen LogP contribution in [-0.2, 0) is 11.2 Å². The number of amides is 1. The van der Waals surface area contributed by atoms with Crippen LogP contribution in [0.5, 0.6) is 5.88 Å². The molecule has 0 saturated carbocycles. The molecule has 5 nitrogen and oxygen atoms in total. The van der Waals surface area contributed by atoms with E-state index in [1.807, 2.05) is 56.3 Å². The van der Waals surface area contributed by atoms with Gasteiger partial charge in [-0.25, -0.2) is 0 Å². The molecule has 26 heavy (non-hydrogen) atoms. The molecule has 3 aromatic rings. The van der Waals surface area contributed by atoms with Crippen LogP contribution in [0.2, 0.25) is 0 Å². The molecule has 1 aromatic heterocycles. The molecule has 2 aromatic carbocycles. The summed E-state index contributed by atoms with van der Waals surface area (Å²) in [6, 6.07) is 13.6. The van der Waals surface area contributed by atoms with Crippen molar-refractivity contribution in [3.05, 3.63) is 64.0 Å². The van der Waals surface area contributed by atoms with Crippen LogP contribution < -0.4 is 10.6 Å². The molecule has 3 rings (SSSR count). The number of para-hydroxylation sites is 1. The Morgan fingerprint density at radius 2 is 1.85 bits per heavy atom. The summed E-state index contributed by atoms with van der Waals surface area (Å²) >= 11 is 1.27. The molecule has 0 spiro atoms. The molecule has 0 aliphatic rings. The highest BCUT2D eigenvalue weighted by molar-refractivity contribution is 7.16. The molecule has 0 unspecified atom stereocenters. The number of aryl methyl sites for hydroxylation is 3. The predicted molar refractivity (Wildman–Crippen MR) is 106 cm³/mol. The van der Waals surface area contributed by atoms with Gasteiger partial charge in [0.2, 0.25) is 11.8 Å². The highest BCUT2D eigenvalue weighted by Gasteiger charge is 2.15. The van der Waals surface area contributed by atoms with E-state index in [0.717, 1.165) is 16.9 Å². The third-order valence-electron chi connectivity index (χ3n) is 4.18. The molecule has 0 aliphatic heterocycles. The minimum atomic E-state index is -0.184. The lowest BCUT2D eigenvalue weighted by Crippen LogP contribution is -2.14. The van der Waals surface area contributed by atoms with Crippen molar-refractivity contribution >= 4 is 33.8 Å². The molecular formula is C20H21N3O2S. The third kappa shape index (κ3) is 4.21. The second-order valence-electron chi connectivity index (χ2n) is 6.23. The summed E-state index contributed by atoms with van der Waals surface area (Å²) in [6.07, 6.45) is 0.0758. The van der Waals surface area contributed by atoms with E-state index in [1.54, 1.807) is 0 Å². The minimum Gasteiger partial charge on any atom is -0.492 e. The van der Waals surface area contributed by atoms with E-state index >= 15 is 0 Å². The van der Waals surface area contributed by atoms with Gasteiger partial charge >= 0.3 is 0 Å². The van der Waals surface area contributed by atoms with E-state index < -0.39 is 0 Å². The van der Waals surface area contributed by atoms with Crippen molar-refractivity contribution in [2.24, 2.45) is 0 Å². The van der Waals surface area contributed by atoms with Gasteiger partial charge in [-0.1, -0.05) is 35.6 Å². The van der Waals surface area contributed by atoms with Crippen molar-refractivity contribution in [2.45, 2.75) is 27.2 Å². The molecule has 0 saturated heterocycles. The number of rotatable bonds is 5. The third-order valence-corrected chi connectivity index (χ3v) is 5.14. The van der Waals surface area contributed by atoms with Crippen molar-refractivity contribution in [1.29, 1.82) is 0 Å². The topological polar surface area (TPSA) is 74.2 Å². The number of aromatic nitrogens is 1. The standard InChI is InChI=1S/C20H21N3O2S/c1-12-8-9-15(10-14(12)3)21-20-23-19(25)17(26-20)11-18(24)22-16-7-5-4-6-13(16)2/h4-10,25H,11H2,1-3H3,(H,21,23)(H,22,24). The molecule has 0 aliphatic carbocycles. The highest BCUT2D eigenvalue weighted by Crippen LogP contribution is 2.31. The van der Waals surface area contributed by atoms with E-state index in [9.17, 15) is 9.90 Å². The van der Waals surface area contributed by atoms with E-state index in [4.69, 9.17) is 0 Å². The van der Waals surface area contributed by atoms with Gasteiger partial charge in [-0.3, -0.25) is 4.79 Å². The number of hydrogen-bond donors (Lipinski definition) is 3. The number of hydrogen-bond acceptors (Lipinski definition) is 5. The van der Waals surface area contributed by atoms with Gasteiger partial charge in [-0.05, 0) is 55.7 Å². The van der Waals surface area contributed by atoms with Crippen LogP contribution in [0.15, 0.2) is 42.5 Å². The average molecular weight is 367 g/mol. The Morgan fingerprint density at radius 1 is 1.08 bits per heavy atom. The van der Waals surface area contributed by atoms with Crippen LogP contribution in [0.3, 0.4) is 0 Å². The minimum absolute atomic E-state index is 0.0758. The Kier molecular flexibility index (Phi) is 5.23. The SMILES string of the molecule is Cc1ccc(Nc2nc(O)c(CC(=O)Nc3ccccc3C)s2)cc1C. The molecule has 0 fully saturated rings. The fourth-order valence-corrected chi connectivity index (χ4v) is 3.38. The van der Waals surface area contributed by atoms with Crippen LogP contribution in [0.1, 0.15) is 21.6 Å². The highest BCUT2D eigenvalue weighted by atomic mass is 32.1. The van der Waals surface area contributed by atoms with Gasteiger partial charge < -0.3 is 15.7 Å². The Labute approximate surface area is 156 Å². The molecular weight excluding hydrogens is 346 g/mol. The Morgan fingerprint density at radius 3 is 2.58 bits per heavy atom. The summed E-state index contributed by atoms with van der Waals surface area (Å²) in [7, 11) is 0. The molecule has 0 atom stereocenters. The van der Waals surface area contributed by atoms with Crippen molar-refractivity contribution in [1.82, 2.24) is 4.98 Å². The number of thiazole rings is 1. The quantitative estimate of drug-likeness (QED) is 0.611. The molecule has 0 radical (unpaired) electrons. The van der Waals surface area contributed by atoms with Gasteiger partial charge in [0, 0.05) is 11.4 Å². The van der Waals surface area contributed by atoms with Crippen LogP contribution in [0.25, 0.3) is 0 Å². The Balaban J connectivity index is 1.68. The largest absolute Gasteiger partial charge is 0.492 e. The van der Waals surface area contributed by atoms with Crippen molar-refractivity contribution < 1.29 is 9.90 Å². The first-order valence-electron chi connectivity index (χ1n) is 8.31. The maximum absolute atomic E-state index is 12.3. The maximum Gasteiger partial charge on any atom is 0.229 e. The van der Waals surface area contributed by atoms with Gasteiger partial charge in [-0.15, -0.1) is 0 Å². The summed E-state index contributed by atoms with van der Waals surface area (Å²) in [5, 5.41) is 16.7. The second-order valence-corrected chi connectivity index (χ2v) is 7.31. The first-order chi connectivity index (χ1) is 12.4. The summed E-state index contributed by atoms with van der Waals surface area (Å²) in [4.78, 5) is 16.9. The molecule has 134 valence electrons. The van der Waals surface area contributed by atoms with Gasteiger partial charge in [0.1, 0.15) is 0 Å². The first-order valence-corrected chi connectivity index (χ1v) is 9.12. The van der Waals surface area contributed by atoms with Crippen molar-refractivity contribution in [3.63, 3.8) is 0 Å². The second kappa shape index (κ2) is 7.58. The average Bonchev–Trinajstić information content (AvgIpc) is 2.92. The Bertz CT molecular complexity index is 950. The fraction of sp³-hybridized carbons (Fsp3) is 0.200. The number of aromatic hydroxyl groups is 1. The number of nitrogens with one attached hydrogen (secondary N) is 2. The predicted octanol–water partition coefficient (Wildman–Crippen LogP) is 4.70. The van der Waals surface area contributed by atoms with E-state index in [0.29, 0.717) is 10.0 Å². The maximum atomic E-state index is 12.3. The molecule has 3 N–H and O–H groups in total. The number of carbonyl (C=O) groups is 1. The van der Waals surface area contributed by atoms with Gasteiger partial charge in [0.05, 0.1) is 11.3 Å². The monoisotopic (exact) mass is 367 g/mol. The number of benzene rings is 2. The molecule has 0 bridgehead atoms. The Hall–Kier alpha value is -2.86. The fourth-order valence-electron chi connectivity index (χ4n) is 2.51. The molecule has 1 amide bonds. The lowest BCUT2D eigenvalue weighted by Gasteiger charge is -2.07. The van der Waals surface area contributed by atoms with Crippen LogP contribution in [-0.4, -0.2) is 16.0 Å². The van der Waals surface area contributed by atoms with Crippen LogP contribution in [0.4, 0.5) is 16.5 Å². The lowest BCUT2D eigenvalue weighted by molar-refractivity contribution is -0.115. The van der Waals surface area contributed by atoms with E-state index in [2.05, 4.69) is 22.5 Å². The van der Waals surface area contributed by atoms with Crippen molar-refractivity contribution in [2.75, 3.05) is 10.6 Å². The summed E-state index contributed by atoms with van der Waals surface area (Å²) in [6.45, 7) is 6.03. The number of anilines is 3. The zero-order chi connectivity index (χ0) is 18.7. The summed E-state index contributed by atoms with van der Waals surface area (Å²) < 4.78 is 0. The van der Waals surface area contributed by atoms with Gasteiger partial charge in [0.25, 0.3) is 0 Å². The lowest BCUT2D eigenvalue weighted by atomic mass is 10.1. The summed E-state index contributed by atoms with van der Waals surface area (Å²) in [5.74, 6) is -0.294. The smallest absolute Gasteiger partial charge is 0.229 e. The van der Waals surface area contributed by atoms with Crippen LogP contribution >= 0.6 is 11.3 Å². The zero-order valence-corrected chi connectivity index (χ0v) is 15.8. The van der Waals surface area contributed by atoms with E-state index in [1.165, 1.54) is 22.5 Å². The van der Waals surface area contributed by atoms with Gasteiger partial charge in [-0.2, -0.15) is 4.98 Å². The molecule has 1 heterocycles. The normalized spacial score (nSPS) is 10.6.